The van der Waals surface area contributed by atoms with Gasteiger partial charge in [0.15, 0.2) is 0 Å². The lowest BCUT2D eigenvalue weighted by Gasteiger charge is -2.38. The largest absolute Gasteiger partial charge is 0.494 e. The van der Waals surface area contributed by atoms with Gasteiger partial charge in [0.1, 0.15) is 18.1 Å². The van der Waals surface area contributed by atoms with Crippen LogP contribution in [0.25, 0.3) is 0 Å². The molecule has 0 saturated carbocycles. The zero-order valence-corrected chi connectivity index (χ0v) is 17.9. The number of fused-ring (bicyclic) bond motifs is 1. The van der Waals surface area contributed by atoms with Crippen LogP contribution < -0.4 is 10.1 Å². The number of benzene rings is 2. The van der Waals surface area contributed by atoms with Crippen LogP contribution in [-0.2, 0) is 20.9 Å². The fourth-order valence-electron chi connectivity index (χ4n) is 4.44. The van der Waals surface area contributed by atoms with Gasteiger partial charge in [-0.1, -0.05) is 54.6 Å². The Morgan fingerprint density at radius 2 is 1.81 bits per heavy atom. The van der Waals surface area contributed by atoms with Crippen LogP contribution in [-0.4, -0.2) is 18.4 Å². The highest BCUT2D eigenvalue weighted by atomic mass is 16.5. The molecule has 4 rings (SSSR count). The standard InChI is InChI=1S/C26H27NO4/c1-3-30-22-15-8-7-12-19(22)24-23(26(29)31-16-18-10-5-4-6-11-18)17(2)27-20-13-9-14-21(28)25(20)24/h4-8,10-13,15,24-25,27H,3,9,14,16H2,1-2H3. The van der Waals surface area contributed by atoms with E-state index >= 15 is 0 Å². The minimum absolute atomic E-state index is 0.127. The molecule has 160 valence electrons. The van der Waals surface area contributed by atoms with E-state index in [-0.39, 0.29) is 12.4 Å². The molecule has 0 saturated heterocycles. The van der Waals surface area contributed by atoms with Crippen LogP contribution in [0.15, 0.2) is 77.6 Å². The van der Waals surface area contributed by atoms with Gasteiger partial charge in [-0.05, 0) is 31.9 Å². The number of Topliss-reactive ketones (excluding diaryl/α,β-unsaturated/α-hetero) is 1. The van der Waals surface area contributed by atoms with E-state index in [1.807, 2.05) is 68.4 Å². The Morgan fingerprint density at radius 1 is 1.06 bits per heavy atom. The molecular formula is C26H27NO4. The molecule has 5 heteroatoms. The zero-order valence-electron chi connectivity index (χ0n) is 17.9. The maximum atomic E-state index is 13.3. The van der Waals surface area contributed by atoms with Crippen LogP contribution in [0, 0.1) is 5.92 Å². The van der Waals surface area contributed by atoms with E-state index in [0.717, 1.165) is 16.8 Å². The van der Waals surface area contributed by atoms with E-state index in [4.69, 9.17) is 9.47 Å². The SMILES string of the molecule is CCOc1ccccc1C1C(C(=O)OCc2ccccc2)=C(C)NC2=CCCC(=O)C21. The first kappa shape index (κ1) is 20.9. The first-order valence-corrected chi connectivity index (χ1v) is 10.7. The van der Waals surface area contributed by atoms with Gasteiger partial charge in [0.05, 0.1) is 18.1 Å². The van der Waals surface area contributed by atoms with Crippen LogP contribution in [0.3, 0.4) is 0 Å². The molecule has 0 aromatic heterocycles. The summed E-state index contributed by atoms with van der Waals surface area (Å²) in [7, 11) is 0. The van der Waals surface area contributed by atoms with Gasteiger partial charge in [-0.15, -0.1) is 0 Å². The number of nitrogens with one attached hydrogen (secondary N) is 1. The maximum absolute atomic E-state index is 13.3. The number of allylic oxidation sites excluding steroid dienone is 3. The number of para-hydroxylation sites is 1. The summed E-state index contributed by atoms with van der Waals surface area (Å²) in [6.45, 7) is 4.47. The van der Waals surface area contributed by atoms with Gasteiger partial charge in [0, 0.05) is 29.3 Å². The van der Waals surface area contributed by atoms with Gasteiger partial charge < -0.3 is 14.8 Å². The first-order valence-electron chi connectivity index (χ1n) is 10.7. The predicted molar refractivity (Wildman–Crippen MR) is 118 cm³/mol. The molecular weight excluding hydrogens is 390 g/mol. The molecule has 0 amide bonds. The van der Waals surface area contributed by atoms with Crippen LogP contribution in [0.1, 0.15) is 43.7 Å². The lowest BCUT2D eigenvalue weighted by molar-refractivity contribution is -0.141. The lowest BCUT2D eigenvalue weighted by atomic mass is 9.71. The number of esters is 1. The first-order chi connectivity index (χ1) is 15.1. The molecule has 1 N–H and O–H groups in total. The number of ketones is 1. The summed E-state index contributed by atoms with van der Waals surface area (Å²) >= 11 is 0. The maximum Gasteiger partial charge on any atom is 0.336 e. The van der Waals surface area contributed by atoms with Crippen molar-refractivity contribution < 1.29 is 19.1 Å². The van der Waals surface area contributed by atoms with Crippen LogP contribution >= 0.6 is 0 Å². The van der Waals surface area contributed by atoms with Crippen molar-refractivity contribution in [3.63, 3.8) is 0 Å². The number of hydrogen-bond donors (Lipinski definition) is 1. The summed E-state index contributed by atoms with van der Waals surface area (Å²) in [6, 6.07) is 17.2. The second-order valence-electron chi connectivity index (χ2n) is 7.82. The van der Waals surface area contributed by atoms with E-state index < -0.39 is 17.8 Å². The van der Waals surface area contributed by atoms with Crippen molar-refractivity contribution in [1.29, 1.82) is 0 Å². The molecule has 5 nitrogen and oxygen atoms in total. The van der Waals surface area contributed by atoms with Crippen LogP contribution in [0.2, 0.25) is 0 Å². The quantitative estimate of drug-likeness (QED) is 0.693. The van der Waals surface area contributed by atoms with Gasteiger partial charge in [0.25, 0.3) is 0 Å². The van der Waals surface area contributed by atoms with Gasteiger partial charge in [0.2, 0.25) is 0 Å². The molecule has 2 aromatic carbocycles. The van der Waals surface area contributed by atoms with Crippen molar-refractivity contribution in [3.8, 4) is 5.75 Å². The fourth-order valence-corrected chi connectivity index (χ4v) is 4.44. The van der Waals surface area contributed by atoms with Crippen molar-refractivity contribution in [2.45, 2.75) is 39.2 Å². The Labute approximate surface area is 182 Å². The second-order valence-corrected chi connectivity index (χ2v) is 7.82. The summed E-state index contributed by atoms with van der Waals surface area (Å²) in [5, 5.41) is 3.31. The second kappa shape index (κ2) is 9.21. The molecule has 0 radical (unpaired) electrons. The topological polar surface area (TPSA) is 64.6 Å². The van der Waals surface area contributed by atoms with Gasteiger partial charge in [-0.3, -0.25) is 4.79 Å². The molecule has 0 fully saturated rings. The highest BCUT2D eigenvalue weighted by molar-refractivity contribution is 5.96. The van der Waals surface area contributed by atoms with Crippen molar-refractivity contribution in [2.75, 3.05) is 6.61 Å². The molecule has 2 unspecified atom stereocenters. The van der Waals surface area contributed by atoms with E-state index in [1.165, 1.54) is 0 Å². The summed E-state index contributed by atoms with van der Waals surface area (Å²) in [6.07, 6.45) is 3.24. The number of ether oxygens (including phenoxy) is 2. The summed E-state index contributed by atoms with van der Waals surface area (Å²) in [4.78, 5) is 26.4. The average molecular weight is 418 g/mol. The van der Waals surface area contributed by atoms with Crippen molar-refractivity contribution in [2.24, 2.45) is 5.92 Å². The van der Waals surface area contributed by atoms with Crippen LogP contribution in [0.4, 0.5) is 0 Å². The number of carbonyl (C=O) groups is 2. The Balaban J connectivity index is 1.75. The predicted octanol–water partition coefficient (Wildman–Crippen LogP) is 4.65. The third-order valence-corrected chi connectivity index (χ3v) is 5.80. The molecule has 1 aliphatic heterocycles. The highest BCUT2D eigenvalue weighted by Gasteiger charge is 2.44. The number of hydrogen-bond acceptors (Lipinski definition) is 5. The summed E-state index contributed by atoms with van der Waals surface area (Å²) < 4.78 is 11.6. The summed E-state index contributed by atoms with van der Waals surface area (Å²) in [5.41, 5.74) is 3.82. The number of carbonyl (C=O) groups excluding carboxylic acids is 2. The Kier molecular flexibility index (Phi) is 6.21. The van der Waals surface area contributed by atoms with Gasteiger partial charge in [-0.25, -0.2) is 4.79 Å². The zero-order chi connectivity index (χ0) is 21.8. The molecule has 0 spiro atoms. The molecule has 1 heterocycles. The van der Waals surface area contributed by atoms with E-state index in [2.05, 4.69) is 11.4 Å². The van der Waals surface area contributed by atoms with Crippen molar-refractivity contribution in [3.05, 3.63) is 88.8 Å². The minimum Gasteiger partial charge on any atom is -0.494 e. The molecule has 31 heavy (non-hydrogen) atoms. The molecule has 2 atom stereocenters. The van der Waals surface area contributed by atoms with E-state index in [0.29, 0.717) is 36.5 Å². The smallest absolute Gasteiger partial charge is 0.336 e. The lowest BCUT2D eigenvalue weighted by Crippen LogP contribution is -2.40. The fraction of sp³-hybridized carbons (Fsp3) is 0.308. The Morgan fingerprint density at radius 3 is 2.58 bits per heavy atom. The molecule has 2 aromatic rings. The van der Waals surface area contributed by atoms with Gasteiger partial charge in [-0.2, -0.15) is 0 Å². The Bertz CT molecular complexity index is 1040. The molecule has 1 aliphatic carbocycles. The third kappa shape index (κ3) is 4.26. The third-order valence-electron chi connectivity index (χ3n) is 5.80. The van der Waals surface area contributed by atoms with Crippen LogP contribution in [0.5, 0.6) is 5.75 Å². The highest BCUT2D eigenvalue weighted by Crippen LogP contribution is 2.46. The van der Waals surface area contributed by atoms with E-state index in [1.54, 1.807) is 0 Å². The van der Waals surface area contributed by atoms with Gasteiger partial charge >= 0.3 is 5.97 Å². The molecule has 2 aliphatic rings. The minimum atomic E-state index is -0.452. The Hall–Kier alpha value is -3.34. The van der Waals surface area contributed by atoms with Crippen molar-refractivity contribution in [1.82, 2.24) is 5.32 Å². The average Bonchev–Trinajstić information content (AvgIpc) is 2.78. The number of rotatable bonds is 6. The summed E-state index contributed by atoms with van der Waals surface area (Å²) in [5.74, 6) is -0.495. The van der Waals surface area contributed by atoms with Crippen molar-refractivity contribution >= 4 is 11.8 Å². The molecule has 0 bridgehead atoms. The normalized spacial score (nSPS) is 20.5. The van der Waals surface area contributed by atoms with E-state index in [9.17, 15) is 9.59 Å². The monoisotopic (exact) mass is 417 g/mol.